The highest BCUT2D eigenvalue weighted by atomic mass is 32.1. The fourth-order valence-corrected chi connectivity index (χ4v) is 5.06. The lowest BCUT2D eigenvalue weighted by molar-refractivity contribution is 0.0133. The molecule has 198 valence electrons. The largest absolute Gasteiger partial charge is 0.503 e. The molecule has 1 aliphatic heterocycles. The first-order chi connectivity index (χ1) is 17.7. The SMILES string of the molecule is COCCOC[C@@H]1Cn2cc(-c3nnc(Cc4ccc(F)cc4F)s3)c(=O)c(O)c2C(=O)N1CC(C)C. The number of carbonyl (C=O) groups is 1. The lowest BCUT2D eigenvalue weighted by atomic mass is 10.1. The van der Waals surface area contributed by atoms with Crippen LogP contribution < -0.4 is 5.43 Å². The number of fused-ring (bicyclic) bond motifs is 1. The topological polar surface area (TPSA) is 107 Å². The van der Waals surface area contributed by atoms with Crippen LogP contribution in [-0.2, 0) is 22.4 Å². The van der Waals surface area contributed by atoms with E-state index in [1.165, 1.54) is 12.3 Å². The molecule has 0 radical (unpaired) electrons. The van der Waals surface area contributed by atoms with E-state index in [1.54, 1.807) is 16.6 Å². The van der Waals surface area contributed by atoms with Crippen molar-refractivity contribution in [3.05, 3.63) is 62.5 Å². The summed E-state index contributed by atoms with van der Waals surface area (Å²) in [5, 5.41) is 19.5. The van der Waals surface area contributed by atoms with Crippen LogP contribution in [0.25, 0.3) is 10.6 Å². The molecule has 1 amide bonds. The Morgan fingerprint density at radius 3 is 2.70 bits per heavy atom. The molecule has 4 rings (SSSR count). The summed E-state index contributed by atoms with van der Waals surface area (Å²) >= 11 is 1.06. The lowest BCUT2D eigenvalue weighted by Gasteiger charge is -2.38. The Morgan fingerprint density at radius 2 is 2.00 bits per heavy atom. The molecular formula is C25H28F2N4O5S. The number of aromatic nitrogens is 3. The number of nitrogens with zero attached hydrogens (tertiary/aromatic N) is 4. The molecule has 3 heterocycles. The first-order valence-electron chi connectivity index (χ1n) is 11.8. The summed E-state index contributed by atoms with van der Waals surface area (Å²) in [4.78, 5) is 28.1. The van der Waals surface area contributed by atoms with E-state index in [0.717, 1.165) is 23.5 Å². The van der Waals surface area contributed by atoms with Gasteiger partial charge in [0.05, 0.1) is 31.4 Å². The Hall–Kier alpha value is -3.22. The van der Waals surface area contributed by atoms with E-state index in [-0.39, 0.29) is 46.8 Å². The minimum Gasteiger partial charge on any atom is -0.503 e. The molecule has 0 unspecified atom stereocenters. The van der Waals surface area contributed by atoms with Crippen LogP contribution in [0.5, 0.6) is 5.75 Å². The number of hydrogen-bond acceptors (Lipinski definition) is 8. The first-order valence-corrected chi connectivity index (χ1v) is 12.6. The quantitative estimate of drug-likeness (QED) is 0.399. The maximum Gasteiger partial charge on any atom is 0.274 e. The number of carbonyl (C=O) groups excluding carboxylic acids is 1. The number of methoxy groups -OCH3 is 1. The summed E-state index contributed by atoms with van der Waals surface area (Å²) in [7, 11) is 1.57. The van der Waals surface area contributed by atoms with Crippen molar-refractivity contribution >= 4 is 17.2 Å². The van der Waals surface area contributed by atoms with Gasteiger partial charge < -0.3 is 24.0 Å². The van der Waals surface area contributed by atoms with Crippen molar-refractivity contribution in [2.45, 2.75) is 32.9 Å². The Morgan fingerprint density at radius 1 is 1.22 bits per heavy atom. The Bertz CT molecular complexity index is 1340. The summed E-state index contributed by atoms with van der Waals surface area (Å²) in [6.45, 7) is 5.74. The fraction of sp³-hybridized carbons (Fsp3) is 0.440. The van der Waals surface area contributed by atoms with Crippen LogP contribution in [-0.4, -0.2) is 70.2 Å². The van der Waals surface area contributed by atoms with Crippen molar-refractivity contribution in [1.29, 1.82) is 0 Å². The van der Waals surface area contributed by atoms with Crippen LogP contribution in [0.4, 0.5) is 8.78 Å². The second-order valence-electron chi connectivity index (χ2n) is 9.21. The average Bonchev–Trinajstić information content (AvgIpc) is 3.31. The van der Waals surface area contributed by atoms with Crippen LogP contribution >= 0.6 is 11.3 Å². The number of aromatic hydroxyl groups is 1. The van der Waals surface area contributed by atoms with Crippen LogP contribution in [0.2, 0.25) is 0 Å². The van der Waals surface area contributed by atoms with Crippen molar-refractivity contribution in [3.8, 4) is 16.3 Å². The van der Waals surface area contributed by atoms with E-state index in [0.29, 0.717) is 31.3 Å². The van der Waals surface area contributed by atoms with E-state index in [9.17, 15) is 23.5 Å². The highest BCUT2D eigenvalue weighted by Gasteiger charge is 2.36. The van der Waals surface area contributed by atoms with Gasteiger partial charge in [-0.05, 0) is 17.5 Å². The summed E-state index contributed by atoms with van der Waals surface area (Å²) in [6.07, 6.45) is 1.55. The molecule has 1 aliphatic rings. The molecule has 2 aromatic heterocycles. The minimum atomic E-state index is -0.741. The Kier molecular flexibility index (Phi) is 8.30. The van der Waals surface area contributed by atoms with Crippen LogP contribution in [0, 0.1) is 17.6 Å². The highest BCUT2D eigenvalue weighted by Crippen LogP contribution is 2.30. The second-order valence-corrected chi connectivity index (χ2v) is 10.3. The van der Waals surface area contributed by atoms with Gasteiger partial charge in [-0.15, -0.1) is 10.2 Å². The molecule has 0 bridgehead atoms. The third kappa shape index (κ3) is 5.86. The molecule has 12 heteroatoms. The fourth-order valence-electron chi connectivity index (χ4n) is 4.19. The van der Waals surface area contributed by atoms with Gasteiger partial charge in [-0.25, -0.2) is 8.78 Å². The van der Waals surface area contributed by atoms with Crippen molar-refractivity contribution in [1.82, 2.24) is 19.7 Å². The molecule has 1 N–H and O–H groups in total. The third-order valence-electron chi connectivity index (χ3n) is 5.93. The summed E-state index contributed by atoms with van der Waals surface area (Å²) in [5.74, 6) is -2.33. The maximum atomic E-state index is 14.1. The first kappa shape index (κ1) is 26.8. The van der Waals surface area contributed by atoms with Gasteiger partial charge in [0.1, 0.15) is 16.6 Å². The van der Waals surface area contributed by atoms with Crippen molar-refractivity contribution in [2.24, 2.45) is 5.92 Å². The summed E-state index contributed by atoms with van der Waals surface area (Å²) < 4.78 is 39.5. The van der Waals surface area contributed by atoms with Crippen LogP contribution in [0.15, 0.2) is 29.2 Å². The van der Waals surface area contributed by atoms with E-state index >= 15 is 0 Å². The minimum absolute atomic E-state index is 0.0611. The van der Waals surface area contributed by atoms with Crippen LogP contribution in [0.3, 0.4) is 0 Å². The molecule has 37 heavy (non-hydrogen) atoms. The molecule has 0 saturated carbocycles. The number of benzene rings is 1. The summed E-state index contributed by atoms with van der Waals surface area (Å²) in [5.41, 5.74) is -0.509. The second kappa shape index (κ2) is 11.4. The van der Waals surface area contributed by atoms with Gasteiger partial charge >= 0.3 is 0 Å². The zero-order valence-corrected chi connectivity index (χ0v) is 21.6. The number of hydrogen-bond donors (Lipinski definition) is 1. The van der Waals surface area contributed by atoms with E-state index < -0.39 is 28.7 Å². The molecular weight excluding hydrogens is 506 g/mol. The van der Waals surface area contributed by atoms with Gasteiger partial charge in [-0.3, -0.25) is 9.59 Å². The number of rotatable bonds is 10. The number of ether oxygens (including phenoxy) is 2. The van der Waals surface area contributed by atoms with Crippen molar-refractivity contribution in [3.63, 3.8) is 0 Å². The predicted molar refractivity (Wildman–Crippen MR) is 133 cm³/mol. The maximum absolute atomic E-state index is 14.1. The Balaban J connectivity index is 1.65. The van der Waals surface area contributed by atoms with Gasteiger partial charge in [-0.1, -0.05) is 31.3 Å². The van der Waals surface area contributed by atoms with E-state index in [4.69, 9.17) is 9.47 Å². The zero-order chi connectivity index (χ0) is 26.7. The van der Waals surface area contributed by atoms with Crippen molar-refractivity contribution < 1.29 is 28.2 Å². The van der Waals surface area contributed by atoms with E-state index in [1.807, 2.05) is 13.8 Å². The van der Waals surface area contributed by atoms with Crippen LogP contribution in [0.1, 0.15) is 34.9 Å². The normalized spacial score (nSPS) is 15.5. The third-order valence-corrected chi connectivity index (χ3v) is 6.88. The van der Waals surface area contributed by atoms with Gasteiger partial charge in [-0.2, -0.15) is 0 Å². The van der Waals surface area contributed by atoms with Gasteiger partial charge in [0, 0.05) is 38.9 Å². The van der Waals surface area contributed by atoms with Gasteiger partial charge in [0.15, 0.2) is 16.5 Å². The standard InChI is InChI=1S/C25H28F2N4O5S/c1-14(2)10-31-17(13-36-7-6-35-3)11-30-12-18(22(32)23(33)21(30)25(31)34)24-29-28-20(37-24)8-15-4-5-16(26)9-19(15)27/h4-5,9,12,14,17,33H,6-8,10-11,13H2,1-3H3/t17-/m0/s1. The van der Waals surface area contributed by atoms with Gasteiger partial charge in [0.25, 0.3) is 5.91 Å². The molecule has 3 aromatic rings. The molecule has 1 aromatic carbocycles. The molecule has 1 atom stereocenters. The predicted octanol–water partition coefficient (Wildman–Crippen LogP) is 3.08. The average molecular weight is 535 g/mol. The summed E-state index contributed by atoms with van der Waals surface area (Å²) in [6, 6.07) is 2.96. The Labute approximate surface area is 216 Å². The molecule has 0 aliphatic carbocycles. The molecule has 9 nitrogen and oxygen atoms in total. The lowest BCUT2D eigenvalue weighted by Crippen LogP contribution is -2.52. The monoisotopic (exact) mass is 534 g/mol. The molecule has 0 saturated heterocycles. The molecule has 0 fully saturated rings. The van der Waals surface area contributed by atoms with E-state index in [2.05, 4.69) is 10.2 Å². The number of halogens is 2. The smallest absolute Gasteiger partial charge is 0.274 e. The zero-order valence-electron chi connectivity index (χ0n) is 20.7. The number of pyridine rings is 1. The molecule has 0 spiro atoms. The van der Waals surface area contributed by atoms with Gasteiger partial charge in [0.2, 0.25) is 5.43 Å². The van der Waals surface area contributed by atoms with Crippen molar-refractivity contribution in [2.75, 3.05) is 33.5 Å². The highest BCUT2D eigenvalue weighted by molar-refractivity contribution is 7.14. The number of amides is 1.